The minimum atomic E-state index is 0.657. The lowest BCUT2D eigenvalue weighted by Crippen LogP contribution is -1.95. The van der Waals surface area contributed by atoms with Crippen molar-refractivity contribution in [2.45, 2.75) is 39.5 Å². The van der Waals surface area contributed by atoms with Crippen LogP contribution in [0.25, 0.3) is 0 Å². The van der Waals surface area contributed by atoms with E-state index in [2.05, 4.69) is 56.3 Å². The second-order valence-electron chi connectivity index (χ2n) is 4.24. The first-order chi connectivity index (χ1) is 7.33. The molecule has 0 heteroatoms. The number of unbranched alkanes of at least 4 members (excludes halogenated alkanes) is 2. The van der Waals surface area contributed by atoms with Crippen LogP contribution in [-0.2, 0) is 6.42 Å². The van der Waals surface area contributed by atoms with Crippen molar-refractivity contribution in [3.63, 3.8) is 0 Å². The SMILES string of the molecule is CCCC/C=C/[C@H](C)Cc1ccccc1. The van der Waals surface area contributed by atoms with Crippen molar-refractivity contribution >= 4 is 0 Å². The smallest absolute Gasteiger partial charge is 0.0218 e. The van der Waals surface area contributed by atoms with Crippen LogP contribution in [0.5, 0.6) is 0 Å². The fourth-order valence-corrected chi connectivity index (χ4v) is 1.70. The molecule has 0 saturated heterocycles. The van der Waals surface area contributed by atoms with Crippen LogP contribution in [0.15, 0.2) is 42.5 Å². The van der Waals surface area contributed by atoms with Gasteiger partial charge in [-0.3, -0.25) is 0 Å². The van der Waals surface area contributed by atoms with Gasteiger partial charge in [-0.15, -0.1) is 0 Å². The molecule has 1 atom stereocenters. The molecule has 0 saturated carbocycles. The van der Waals surface area contributed by atoms with Crippen LogP contribution in [0.3, 0.4) is 0 Å². The molecule has 0 fully saturated rings. The molecule has 1 aromatic carbocycles. The summed E-state index contributed by atoms with van der Waals surface area (Å²) in [6.07, 6.45) is 9.67. The molecule has 0 spiro atoms. The molecule has 0 radical (unpaired) electrons. The predicted molar refractivity (Wildman–Crippen MR) is 68.0 cm³/mol. The average Bonchev–Trinajstić information content (AvgIpc) is 2.26. The lowest BCUT2D eigenvalue weighted by Gasteiger charge is -2.05. The summed E-state index contributed by atoms with van der Waals surface area (Å²) in [7, 11) is 0. The van der Waals surface area contributed by atoms with Gasteiger partial charge in [-0.2, -0.15) is 0 Å². The van der Waals surface area contributed by atoms with Gasteiger partial charge in [0.1, 0.15) is 0 Å². The lowest BCUT2D eigenvalue weighted by molar-refractivity contribution is 0.714. The number of hydrogen-bond donors (Lipinski definition) is 0. The van der Waals surface area contributed by atoms with Crippen molar-refractivity contribution in [3.05, 3.63) is 48.0 Å². The third-order valence-corrected chi connectivity index (χ3v) is 2.59. The lowest BCUT2D eigenvalue weighted by atomic mass is 10.0. The standard InChI is InChI=1S/C15H22/c1-3-4-5-7-10-14(2)13-15-11-8-6-9-12-15/h6-12,14H,3-5,13H2,1-2H3/b10-7+/t14-/m0/s1. The largest absolute Gasteiger partial charge is 0.0883 e. The van der Waals surface area contributed by atoms with E-state index in [1.54, 1.807) is 0 Å². The van der Waals surface area contributed by atoms with E-state index in [9.17, 15) is 0 Å². The number of rotatable bonds is 6. The summed E-state index contributed by atoms with van der Waals surface area (Å²) in [4.78, 5) is 0. The molecule has 0 bridgehead atoms. The molecule has 0 N–H and O–H groups in total. The molecule has 0 amide bonds. The monoisotopic (exact) mass is 202 g/mol. The molecule has 82 valence electrons. The topological polar surface area (TPSA) is 0 Å². The maximum Gasteiger partial charge on any atom is -0.0218 e. The Labute approximate surface area is 94.0 Å². The molecule has 0 heterocycles. The van der Waals surface area contributed by atoms with Gasteiger partial charge < -0.3 is 0 Å². The number of hydrogen-bond acceptors (Lipinski definition) is 0. The highest BCUT2D eigenvalue weighted by Gasteiger charge is 1.97. The first kappa shape index (κ1) is 12.0. The normalized spacial score (nSPS) is 13.2. The number of benzene rings is 1. The molecule has 0 aromatic heterocycles. The fraction of sp³-hybridized carbons (Fsp3) is 0.467. The Hall–Kier alpha value is -1.04. The van der Waals surface area contributed by atoms with Crippen molar-refractivity contribution < 1.29 is 0 Å². The van der Waals surface area contributed by atoms with Crippen LogP contribution in [0, 0.1) is 5.92 Å². The summed E-state index contributed by atoms with van der Waals surface area (Å²) in [5, 5.41) is 0. The third kappa shape index (κ3) is 5.41. The molecular weight excluding hydrogens is 180 g/mol. The Bertz CT molecular complexity index is 271. The Morgan fingerprint density at radius 2 is 1.93 bits per heavy atom. The minimum Gasteiger partial charge on any atom is -0.0883 e. The molecule has 0 nitrogen and oxygen atoms in total. The summed E-state index contributed by atoms with van der Waals surface area (Å²) in [5.41, 5.74) is 1.44. The molecular formula is C15H22. The van der Waals surface area contributed by atoms with E-state index in [4.69, 9.17) is 0 Å². The predicted octanol–water partition coefficient (Wildman–Crippen LogP) is 4.61. The Morgan fingerprint density at radius 3 is 2.60 bits per heavy atom. The zero-order valence-electron chi connectivity index (χ0n) is 9.95. The van der Waals surface area contributed by atoms with Crippen molar-refractivity contribution in [1.29, 1.82) is 0 Å². The van der Waals surface area contributed by atoms with Crippen LogP contribution in [0.1, 0.15) is 38.7 Å². The van der Waals surface area contributed by atoms with Gasteiger partial charge in [0, 0.05) is 0 Å². The highest BCUT2D eigenvalue weighted by atomic mass is 14.0. The molecule has 1 rings (SSSR count). The van der Waals surface area contributed by atoms with Crippen LogP contribution < -0.4 is 0 Å². The van der Waals surface area contributed by atoms with Crippen molar-refractivity contribution in [3.8, 4) is 0 Å². The molecule has 0 unspecified atom stereocenters. The summed E-state index contributed by atoms with van der Waals surface area (Å²) in [6, 6.07) is 10.7. The maximum absolute atomic E-state index is 2.35. The highest BCUT2D eigenvalue weighted by Crippen LogP contribution is 2.10. The maximum atomic E-state index is 2.35. The quantitative estimate of drug-likeness (QED) is 0.467. The number of allylic oxidation sites excluding steroid dienone is 2. The zero-order valence-corrected chi connectivity index (χ0v) is 9.95. The molecule has 0 aliphatic carbocycles. The zero-order chi connectivity index (χ0) is 10.9. The van der Waals surface area contributed by atoms with Crippen LogP contribution in [0.2, 0.25) is 0 Å². The Kier molecular flexibility index (Phi) is 5.84. The second kappa shape index (κ2) is 7.28. The van der Waals surface area contributed by atoms with Crippen LogP contribution >= 0.6 is 0 Å². The molecule has 0 aliphatic rings. The van der Waals surface area contributed by atoms with Gasteiger partial charge in [-0.25, -0.2) is 0 Å². The van der Waals surface area contributed by atoms with Crippen LogP contribution in [-0.4, -0.2) is 0 Å². The summed E-state index contributed by atoms with van der Waals surface area (Å²) < 4.78 is 0. The first-order valence-electron chi connectivity index (χ1n) is 6.03. The van der Waals surface area contributed by atoms with E-state index < -0.39 is 0 Å². The van der Waals surface area contributed by atoms with E-state index >= 15 is 0 Å². The molecule has 15 heavy (non-hydrogen) atoms. The van der Waals surface area contributed by atoms with E-state index in [1.807, 2.05) is 0 Å². The second-order valence-corrected chi connectivity index (χ2v) is 4.24. The summed E-state index contributed by atoms with van der Waals surface area (Å²) in [6.45, 7) is 4.52. The van der Waals surface area contributed by atoms with Crippen molar-refractivity contribution in [2.24, 2.45) is 5.92 Å². The Balaban J connectivity index is 2.30. The van der Waals surface area contributed by atoms with E-state index in [1.165, 1.54) is 24.8 Å². The van der Waals surface area contributed by atoms with Gasteiger partial charge in [0.15, 0.2) is 0 Å². The van der Waals surface area contributed by atoms with Crippen molar-refractivity contribution in [1.82, 2.24) is 0 Å². The van der Waals surface area contributed by atoms with E-state index in [0.29, 0.717) is 5.92 Å². The Morgan fingerprint density at radius 1 is 1.20 bits per heavy atom. The molecule has 1 aromatic rings. The van der Waals surface area contributed by atoms with Gasteiger partial charge in [0.2, 0.25) is 0 Å². The van der Waals surface area contributed by atoms with E-state index in [-0.39, 0.29) is 0 Å². The van der Waals surface area contributed by atoms with Gasteiger partial charge in [-0.1, -0.05) is 69.2 Å². The van der Waals surface area contributed by atoms with Gasteiger partial charge in [0.05, 0.1) is 0 Å². The van der Waals surface area contributed by atoms with Gasteiger partial charge >= 0.3 is 0 Å². The van der Waals surface area contributed by atoms with Gasteiger partial charge in [-0.05, 0) is 24.3 Å². The minimum absolute atomic E-state index is 0.657. The molecule has 0 aliphatic heterocycles. The fourth-order valence-electron chi connectivity index (χ4n) is 1.70. The summed E-state index contributed by atoms with van der Waals surface area (Å²) >= 11 is 0. The first-order valence-corrected chi connectivity index (χ1v) is 6.03. The average molecular weight is 202 g/mol. The van der Waals surface area contributed by atoms with Gasteiger partial charge in [0.25, 0.3) is 0 Å². The van der Waals surface area contributed by atoms with Crippen molar-refractivity contribution in [2.75, 3.05) is 0 Å². The summed E-state index contributed by atoms with van der Waals surface area (Å²) in [5.74, 6) is 0.657. The van der Waals surface area contributed by atoms with Crippen LogP contribution in [0.4, 0.5) is 0 Å². The van der Waals surface area contributed by atoms with E-state index in [0.717, 1.165) is 6.42 Å². The third-order valence-electron chi connectivity index (χ3n) is 2.59. The highest BCUT2D eigenvalue weighted by molar-refractivity contribution is 5.16.